The summed E-state index contributed by atoms with van der Waals surface area (Å²) in [5.74, 6) is -0.623. The van der Waals surface area contributed by atoms with Gasteiger partial charge in [-0.2, -0.15) is 0 Å². The van der Waals surface area contributed by atoms with Crippen LogP contribution in [0.25, 0.3) is 5.69 Å². The second-order valence-corrected chi connectivity index (χ2v) is 5.77. The number of rotatable bonds is 3. The lowest BCUT2D eigenvalue weighted by Gasteiger charge is -2.13. The van der Waals surface area contributed by atoms with Crippen molar-refractivity contribution in [3.05, 3.63) is 82.8 Å². The van der Waals surface area contributed by atoms with E-state index in [-0.39, 0.29) is 11.3 Å². The third kappa shape index (κ3) is 3.27. The Balaban J connectivity index is 2.21. The molecule has 2 heterocycles. The minimum absolute atomic E-state index is 0.183. The molecule has 3 rings (SSSR count). The first-order valence-corrected chi connectivity index (χ1v) is 7.80. The monoisotopic (exact) mass is 369 g/mol. The first-order chi connectivity index (χ1) is 12.8. The number of aromatic amines is 3. The van der Waals surface area contributed by atoms with Crippen molar-refractivity contribution in [2.24, 2.45) is 4.99 Å². The topological polar surface area (TPSA) is 153 Å². The Kier molecular flexibility index (Phi) is 4.46. The average Bonchev–Trinajstić information content (AvgIpc) is 2.59. The SMILES string of the molecule is Cc1cccc(-n2c(O)c(C=Nc3c[nH]c(=O)[nH]c3=O)c(=O)[nH]c2=O)c1C. The molecule has 1 aromatic carbocycles. The van der Waals surface area contributed by atoms with Crippen LogP contribution in [-0.2, 0) is 0 Å². The number of nitrogens with one attached hydrogen (secondary N) is 3. The van der Waals surface area contributed by atoms with Crippen LogP contribution in [0.2, 0.25) is 0 Å². The molecular weight excluding hydrogens is 354 g/mol. The smallest absolute Gasteiger partial charge is 0.335 e. The molecule has 0 aliphatic rings. The van der Waals surface area contributed by atoms with Gasteiger partial charge in [0.25, 0.3) is 11.1 Å². The summed E-state index contributed by atoms with van der Waals surface area (Å²) in [6, 6.07) is 5.18. The Morgan fingerprint density at radius 2 is 1.81 bits per heavy atom. The number of nitrogens with zero attached hydrogens (tertiary/aromatic N) is 2. The van der Waals surface area contributed by atoms with Crippen molar-refractivity contribution >= 4 is 11.9 Å². The number of aromatic hydroxyl groups is 1. The normalized spacial score (nSPS) is 11.2. The van der Waals surface area contributed by atoms with Gasteiger partial charge in [-0.15, -0.1) is 0 Å². The van der Waals surface area contributed by atoms with Crippen molar-refractivity contribution < 1.29 is 5.11 Å². The van der Waals surface area contributed by atoms with E-state index in [1.165, 1.54) is 0 Å². The van der Waals surface area contributed by atoms with Gasteiger partial charge >= 0.3 is 11.4 Å². The molecular formula is C17H15N5O5. The number of aliphatic imine (C=N–C) groups is 1. The zero-order valence-electron chi connectivity index (χ0n) is 14.4. The fraction of sp³-hybridized carbons (Fsp3) is 0.118. The van der Waals surface area contributed by atoms with Gasteiger partial charge in [-0.25, -0.2) is 19.1 Å². The standard InChI is InChI=1S/C17H15N5O5/c1-8-4-3-5-12(9(8)2)22-15(25)10(13(23)21-17(22)27)6-18-11-7-19-16(26)20-14(11)24/h3-7,25H,1-2H3,(H,21,23,27)(H2,19,20,24,26). The van der Waals surface area contributed by atoms with E-state index in [1.54, 1.807) is 19.1 Å². The van der Waals surface area contributed by atoms with Crippen molar-refractivity contribution in [1.29, 1.82) is 0 Å². The van der Waals surface area contributed by atoms with Crippen LogP contribution in [0.1, 0.15) is 16.7 Å². The van der Waals surface area contributed by atoms with Crippen molar-refractivity contribution in [1.82, 2.24) is 19.5 Å². The lowest BCUT2D eigenvalue weighted by Crippen LogP contribution is -2.31. The maximum atomic E-state index is 12.3. The first-order valence-electron chi connectivity index (χ1n) is 7.80. The molecule has 0 saturated carbocycles. The molecule has 0 saturated heterocycles. The van der Waals surface area contributed by atoms with Gasteiger partial charge in [0.15, 0.2) is 0 Å². The second-order valence-electron chi connectivity index (χ2n) is 5.77. The molecule has 0 fully saturated rings. The minimum atomic E-state index is -0.872. The quantitative estimate of drug-likeness (QED) is 0.478. The number of hydrogen-bond donors (Lipinski definition) is 4. The lowest BCUT2D eigenvalue weighted by atomic mass is 10.1. The molecule has 3 aromatic rings. The second kappa shape index (κ2) is 6.75. The van der Waals surface area contributed by atoms with E-state index in [2.05, 4.69) is 15.0 Å². The fourth-order valence-corrected chi connectivity index (χ4v) is 2.49. The summed E-state index contributed by atoms with van der Waals surface area (Å²) in [5.41, 5.74) is -1.64. The predicted octanol–water partition coefficient (Wildman–Crippen LogP) is -0.0246. The zero-order chi connectivity index (χ0) is 19.7. The molecule has 0 aliphatic carbocycles. The van der Waals surface area contributed by atoms with E-state index in [0.29, 0.717) is 5.69 Å². The van der Waals surface area contributed by atoms with Crippen LogP contribution in [0.15, 0.2) is 48.6 Å². The number of benzene rings is 1. The van der Waals surface area contributed by atoms with Crippen LogP contribution in [-0.4, -0.2) is 30.8 Å². The average molecular weight is 369 g/mol. The molecule has 0 spiro atoms. The highest BCUT2D eigenvalue weighted by Gasteiger charge is 2.16. The summed E-state index contributed by atoms with van der Waals surface area (Å²) in [6.07, 6.45) is 2.00. The van der Waals surface area contributed by atoms with Crippen molar-refractivity contribution in [2.45, 2.75) is 13.8 Å². The van der Waals surface area contributed by atoms with E-state index < -0.39 is 28.4 Å². The predicted molar refractivity (Wildman–Crippen MR) is 98.7 cm³/mol. The van der Waals surface area contributed by atoms with Crippen LogP contribution in [0.4, 0.5) is 5.69 Å². The van der Waals surface area contributed by atoms with Gasteiger partial charge < -0.3 is 10.1 Å². The van der Waals surface area contributed by atoms with Gasteiger partial charge in [0.2, 0.25) is 5.88 Å². The van der Waals surface area contributed by atoms with Crippen LogP contribution in [0.5, 0.6) is 5.88 Å². The van der Waals surface area contributed by atoms with Gasteiger partial charge in [-0.3, -0.25) is 19.6 Å². The van der Waals surface area contributed by atoms with Gasteiger partial charge in [-0.1, -0.05) is 12.1 Å². The Labute approximate surface area is 150 Å². The van der Waals surface area contributed by atoms with Crippen molar-refractivity contribution in [2.75, 3.05) is 0 Å². The summed E-state index contributed by atoms with van der Waals surface area (Å²) in [7, 11) is 0. The van der Waals surface area contributed by atoms with Crippen LogP contribution < -0.4 is 22.5 Å². The lowest BCUT2D eigenvalue weighted by molar-refractivity contribution is 0.430. The van der Waals surface area contributed by atoms with E-state index in [4.69, 9.17) is 0 Å². The van der Waals surface area contributed by atoms with Crippen molar-refractivity contribution in [3.63, 3.8) is 0 Å². The number of hydrogen-bond acceptors (Lipinski definition) is 6. The maximum Gasteiger partial charge on any atom is 0.335 e. The highest BCUT2D eigenvalue weighted by atomic mass is 16.3. The van der Waals surface area contributed by atoms with Gasteiger partial charge in [0.05, 0.1) is 5.69 Å². The largest absolute Gasteiger partial charge is 0.493 e. The summed E-state index contributed by atoms with van der Waals surface area (Å²) >= 11 is 0. The maximum absolute atomic E-state index is 12.3. The van der Waals surface area contributed by atoms with Crippen LogP contribution in [0.3, 0.4) is 0 Å². The van der Waals surface area contributed by atoms with Gasteiger partial charge in [-0.05, 0) is 31.0 Å². The molecule has 2 aromatic heterocycles. The zero-order valence-corrected chi connectivity index (χ0v) is 14.4. The Bertz CT molecular complexity index is 1290. The third-order valence-corrected chi connectivity index (χ3v) is 4.07. The number of H-pyrrole nitrogens is 3. The van der Waals surface area contributed by atoms with Crippen LogP contribution in [0, 0.1) is 13.8 Å². The third-order valence-electron chi connectivity index (χ3n) is 4.07. The molecule has 27 heavy (non-hydrogen) atoms. The van der Waals surface area contributed by atoms with Crippen LogP contribution >= 0.6 is 0 Å². The Hall–Kier alpha value is -3.95. The summed E-state index contributed by atoms with van der Waals surface area (Å²) < 4.78 is 0.947. The van der Waals surface area contributed by atoms with E-state index in [9.17, 15) is 24.3 Å². The van der Waals surface area contributed by atoms with E-state index in [0.717, 1.165) is 28.1 Å². The summed E-state index contributed by atoms with van der Waals surface area (Å²) in [6.45, 7) is 3.62. The molecule has 0 radical (unpaired) electrons. The van der Waals surface area contributed by atoms with Gasteiger partial charge in [0, 0.05) is 12.4 Å². The van der Waals surface area contributed by atoms with E-state index in [1.807, 2.05) is 18.0 Å². The Morgan fingerprint density at radius 1 is 1.07 bits per heavy atom. The molecule has 10 nitrogen and oxygen atoms in total. The molecule has 0 amide bonds. The van der Waals surface area contributed by atoms with Gasteiger partial charge in [0.1, 0.15) is 11.3 Å². The molecule has 10 heteroatoms. The molecule has 0 unspecified atom stereocenters. The molecule has 4 N–H and O–H groups in total. The molecule has 0 aliphatic heterocycles. The number of aromatic nitrogens is 4. The number of aryl methyl sites for hydroxylation is 1. The fourth-order valence-electron chi connectivity index (χ4n) is 2.49. The highest BCUT2D eigenvalue weighted by Crippen LogP contribution is 2.21. The highest BCUT2D eigenvalue weighted by molar-refractivity contribution is 5.84. The Morgan fingerprint density at radius 3 is 2.52 bits per heavy atom. The van der Waals surface area contributed by atoms with E-state index >= 15 is 0 Å². The first kappa shape index (κ1) is 17.9. The minimum Gasteiger partial charge on any atom is -0.493 e. The molecule has 0 bridgehead atoms. The molecule has 0 atom stereocenters. The molecule has 138 valence electrons. The summed E-state index contributed by atoms with van der Waals surface area (Å²) in [4.78, 5) is 57.2. The summed E-state index contributed by atoms with van der Waals surface area (Å²) in [5, 5.41) is 10.5. The van der Waals surface area contributed by atoms with Crippen molar-refractivity contribution in [3.8, 4) is 11.6 Å².